The third kappa shape index (κ3) is 2.26. The number of anilines is 1. The number of benzene rings is 1. The van der Waals surface area contributed by atoms with Crippen molar-refractivity contribution in [2.75, 3.05) is 24.7 Å². The highest BCUT2D eigenvalue weighted by Crippen LogP contribution is 2.30. The molecule has 3 rings (SSSR count). The van der Waals surface area contributed by atoms with Crippen LogP contribution in [0.2, 0.25) is 5.15 Å². The monoisotopic (exact) mass is 277 g/mol. The van der Waals surface area contributed by atoms with E-state index in [1.54, 1.807) is 0 Å². The summed E-state index contributed by atoms with van der Waals surface area (Å²) in [6.45, 7) is 4.49. The summed E-state index contributed by atoms with van der Waals surface area (Å²) in [7, 11) is 0. The quantitative estimate of drug-likeness (QED) is 0.846. The zero-order valence-corrected chi connectivity index (χ0v) is 11.6. The van der Waals surface area contributed by atoms with E-state index in [1.807, 2.05) is 24.3 Å². The summed E-state index contributed by atoms with van der Waals surface area (Å²) in [4.78, 5) is 2.29. The molecule has 1 aromatic heterocycles. The van der Waals surface area contributed by atoms with Crippen LogP contribution in [-0.2, 0) is 4.74 Å². The summed E-state index contributed by atoms with van der Waals surface area (Å²) in [5.41, 5.74) is 0. The van der Waals surface area contributed by atoms with E-state index in [2.05, 4.69) is 22.0 Å². The van der Waals surface area contributed by atoms with E-state index in [9.17, 15) is 0 Å². The van der Waals surface area contributed by atoms with Crippen molar-refractivity contribution in [2.45, 2.75) is 19.4 Å². The minimum Gasteiger partial charge on any atom is -0.377 e. The highest BCUT2D eigenvalue weighted by molar-refractivity contribution is 6.34. The van der Waals surface area contributed by atoms with Crippen LogP contribution in [0.5, 0.6) is 0 Å². The molecule has 0 radical (unpaired) electrons. The van der Waals surface area contributed by atoms with E-state index < -0.39 is 0 Å². The average Bonchev–Trinajstić information content (AvgIpc) is 2.48. The van der Waals surface area contributed by atoms with E-state index in [0.717, 1.165) is 42.8 Å². The maximum absolute atomic E-state index is 6.12. The van der Waals surface area contributed by atoms with Crippen molar-refractivity contribution in [1.82, 2.24) is 10.2 Å². The fourth-order valence-corrected chi connectivity index (χ4v) is 2.74. The van der Waals surface area contributed by atoms with E-state index in [4.69, 9.17) is 16.3 Å². The first-order valence-electron chi connectivity index (χ1n) is 6.56. The predicted molar refractivity (Wildman–Crippen MR) is 76.8 cm³/mol. The fourth-order valence-electron chi connectivity index (χ4n) is 2.54. The highest BCUT2D eigenvalue weighted by Gasteiger charge is 2.24. The van der Waals surface area contributed by atoms with Crippen molar-refractivity contribution in [3.05, 3.63) is 29.4 Å². The van der Waals surface area contributed by atoms with Crippen molar-refractivity contribution in [3.63, 3.8) is 0 Å². The van der Waals surface area contributed by atoms with Crippen LogP contribution in [0.25, 0.3) is 10.8 Å². The second-order valence-electron chi connectivity index (χ2n) is 4.69. The lowest BCUT2D eigenvalue weighted by Gasteiger charge is -2.36. The van der Waals surface area contributed by atoms with Crippen LogP contribution in [0.1, 0.15) is 13.3 Å². The SMILES string of the molecule is CCC1COCCN1c1nnc(Cl)c2ccccc12. The number of morpholine rings is 1. The molecule has 1 unspecified atom stereocenters. The summed E-state index contributed by atoms with van der Waals surface area (Å²) in [5.74, 6) is 0.912. The standard InChI is InChI=1S/C14H16ClN3O/c1-2-10-9-19-8-7-18(10)14-12-6-4-3-5-11(12)13(15)16-17-14/h3-6,10H,2,7-9H2,1H3. The van der Waals surface area contributed by atoms with Gasteiger partial charge in [0.05, 0.1) is 19.3 Å². The van der Waals surface area contributed by atoms with Gasteiger partial charge in [-0.05, 0) is 6.42 Å². The van der Waals surface area contributed by atoms with E-state index in [-0.39, 0.29) is 0 Å². The van der Waals surface area contributed by atoms with Gasteiger partial charge in [-0.3, -0.25) is 0 Å². The van der Waals surface area contributed by atoms with E-state index in [0.29, 0.717) is 11.2 Å². The summed E-state index contributed by atoms with van der Waals surface area (Å²) in [6.07, 6.45) is 1.03. The number of hydrogen-bond donors (Lipinski definition) is 0. The first-order valence-corrected chi connectivity index (χ1v) is 6.94. The lowest BCUT2D eigenvalue weighted by Crippen LogP contribution is -2.45. The Hall–Kier alpha value is -1.39. The first kappa shape index (κ1) is 12.6. The predicted octanol–water partition coefficient (Wildman–Crippen LogP) is 2.90. The third-order valence-electron chi connectivity index (χ3n) is 3.59. The normalized spacial score (nSPS) is 19.9. The first-order chi connectivity index (χ1) is 9.31. The van der Waals surface area contributed by atoms with Crippen LogP contribution in [0.15, 0.2) is 24.3 Å². The molecule has 0 aliphatic carbocycles. The number of nitrogens with zero attached hydrogens (tertiary/aromatic N) is 3. The molecule has 5 heteroatoms. The Balaban J connectivity index is 2.11. The number of halogens is 1. The Kier molecular flexibility index (Phi) is 3.53. The molecular weight excluding hydrogens is 262 g/mol. The molecule has 1 saturated heterocycles. The van der Waals surface area contributed by atoms with E-state index >= 15 is 0 Å². The van der Waals surface area contributed by atoms with Gasteiger partial charge >= 0.3 is 0 Å². The van der Waals surface area contributed by atoms with Crippen molar-refractivity contribution >= 4 is 28.2 Å². The molecule has 0 bridgehead atoms. The Labute approximate surface area is 117 Å². The van der Waals surface area contributed by atoms with Crippen LogP contribution in [0, 0.1) is 0 Å². The number of fused-ring (bicyclic) bond motifs is 1. The van der Waals surface area contributed by atoms with Gasteiger partial charge in [0.15, 0.2) is 11.0 Å². The van der Waals surface area contributed by atoms with Gasteiger partial charge in [0, 0.05) is 17.3 Å². The van der Waals surface area contributed by atoms with Crippen LogP contribution < -0.4 is 4.90 Å². The summed E-state index contributed by atoms with van der Waals surface area (Å²) in [5, 5.41) is 10.9. The molecule has 2 heterocycles. The summed E-state index contributed by atoms with van der Waals surface area (Å²) in [6, 6.07) is 8.36. The summed E-state index contributed by atoms with van der Waals surface area (Å²) >= 11 is 6.12. The second-order valence-corrected chi connectivity index (χ2v) is 5.05. The van der Waals surface area contributed by atoms with Crippen molar-refractivity contribution < 1.29 is 4.74 Å². The van der Waals surface area contributed by atoms with Gasteiger partial charge in [-0.2, -0.15) is 0 Å². The van der Waals surface area contributed by atoms with Crippen LogP contribution in [0.4, 0.5) is 5.82 Å². The zero-order chi connectivity index (χ0) is 13.2. The van der Waals surface area contributed by atoms with Crippen LogP contribution >= 0.6 is 11.6 Å². The van der Waals surface area contributed by atoms with Gasteiger partial charge in [-0.25, -0.2) is 0 Å². The molecule has 100 valence electrons. The number of rotatable bonds is 2. The van der Waals surface area contributed by atoms with Gasteiger partial charge in [0.1, 0.15) is 0 Å². The average molecular weight is 278 g/mol. The maximum Gasteiger partial charge on any atom is 0.159 e. The van der Waals surface area contributed by atoms with Crippen LogP contribution in [0.3, 0.4) is 0 Å². The Bertz CT molecular complexity index is 590. The molecular formula is C14H16ClN3O. The van der Waals surface area contributed by atoms with Gasteiger partial charge in [0.2, 0.25) is 0 Å². The van der Waals surface area contributed by atoms with Gasteiger partial charge in [0.25, 0.3) is 0 Å². The molecule has 1 aromatic carbocycles. The van der Waals surface area contributed by atoms with E-state index in [1.165, 1.54) is 0 Å². The third-order valence-corrected chi connectivity index (χ3v) is 3.87. The molecule has 1 aliphatic rings. The number of hydrogen-bond acceptors (Lipinski definition) is 4. The lowest BCUT2D eigenvalue weighted by molar-refractivity contribution is 0.0926. The molecule has 0 amide bonds. The van der Waals surface area contributed by atoms with Crippen molar-refractivity contribution in [1.29, 1.82) is 0 Å². The van der Waals surface area contributed by atoms with Crippen molar-refractivity contribution in [2.24, 2.45) is 0 Å². The topological polar surface area (TPSA) is 38.2 Å². The molecule has 19 heavy (non-hydrogen) atoms. The van der Waals surface area contributed by atoms with Gasteiger partial charge in [-0.15, -0.1) is 10.2 Å². The molecule has 0 saturated carbocycles. The van der Waals surface area contributed by atoms with Crippen LogP contribution in [-0.4, -0.2) is 36.0 Å². The maximum atomic E-state index is 6.12. The molecule has 1 aliphatic heterocycles. The molecule has 4 nitrogen and oxygen atoms in total. The molecule has 1 atom stereocenters. The summed E-state index contributed by atoms with van der Waals surface area (Å²) < 4.78 is 5.54. The number of aromatic nitrogens is 2. The smallest absolute Gasteiger partial charge is 0.159 e. The Morgan fingerprint density at radius 1 is 1.32 bits per heavy atom. The molecule has 0 N–H and O–H groups in total. The Morgan fingerprint density at radius 3 is 2.89 bits per heavy atom. The largest absolute Gasteiger partial charge is 0.377 e. The fraction of sp³-hybridized carbons (Fsp3) is 0.429. The second kappa shape index (κ2) is 5.31. The minimum atomic E-state index is 0.354. The van der Waals surface area contributed by atoms with Gasteiger partial charge < -0.3 is 9.64 Å². The highest BCUT2D eigenvalue weighted by atomic mass is 35.5. The molecule has 0 spiro atoms. The number of ether oxygens (including phenoxy) is 1. The zero-order valence-electron chi connectivity index (χ0n) is 10.8. The lowest BCUT2D eigenvalue weighted by atomic mass is 10.1. The Morgan fingerprint density at radius 2 is 2.11 bits per heavy atom. The van der Waals surface area contributed by atoms with Gasteiger partial charge in [-0.1, -0.05) is 42.8 Å². The van der Waals surface area contributed by atoms with Crippen molar-refractivity contribution in [3.8, 4) is 0 Å². The molecule has 1 fully saturated rings. The minimum absolute atomic E-state index is 0.354. The molecule has 2 aromatic rings.